The van der Waals surface area contributed by atoms with E-state index in [-0.39, 0.29) is 29.4 Å². The number of hydrazone groups is 1. The molecule has 11 nitrogen and oxygen atoms in total. The van der Waals surface area contributed by atoms with E-state index in [1.54, 1.807) is 30.3 Å². The average Bonchev–Trinajstić information content (AvgIpc) is 3.32. The molecule has 34 heavy (non-hydrogen) atoms. The topological polar surface area (TPSA) is 157 Å². The maximum atomic E-state index is 13.0. The Morgan fingerprint density at radius 1 is 1.12 bits per heavy atom. The van der Waals surface area contributed by atoms with Gasteiger partial charge in [0.05, 0.1) is 16.7 Å². The lowest BCUT2D eigenvalue weighted by atomic mass is 10.0. The van der Waals surface area contributed by atoms with Gasteiger partial charge in [0.25, 0.3) is 5.56 Å². The molecule has 0 amide bonds. The average molecular weight is 461 g/mol. The number of benzene rings is 3. The van der Waals surface area contributed by atoms with Gasteiger partial charge in [0.15, 0.2) is 22.9 Å². The summed E-state index contributed by atoms with van der Waals surface area (Å²) < 4.78 is 10.7. The van der Waals surface area contributed by atoms with Crippen LogP contribution in [-0.2, 0) is 0 Å². The van der Waals surface area contributed by atoms with Gasteiger partial charge in [0, 0.05) is 12.1 Å². The van der Waals surface area contributed by atoms with E-state index >= 15 is 0 Å². The molecule has 2 heterocycles. The summed E-state index contributed by atoms with van der Waals surface area (Å²) in [5.74, 6) is 1.02. The molecule has 0 bridgehead atoms. The predicted molar refractivity (Wildman–Crippen MR) is 122 cm³/mol. The van der Waals surface area contributed by atoms with Gasteiger partial charge in [0.1, 0.15) is 11.8 Å². The van der Waals surface area contributed by atoms with Gasteiger partial charge in [-0.05, 0) is 35.9 Å². The molecule has 5 rings (SSSR count). The lowest BCUT2D eigenvalue weighted by Crippen LogP contribution is -2.99. The number of anilines is 1. The number of nitrogens with zero attached hydrogens (tertiary/aromatic N) is 2. The summed E-state index contributed by atoms with van der Waals surface area (Å²) in [5.41, 5.74) is 3.71. The summed E-state index contributed by atoms with van der Waals surface area (Å²) >= 11 is 0. The smallest absolute Gasteiger partial charge is 0.276 e. The number of hydrogen-bond donors (Lipinski definition) is 5. The van der Waals surface area contributed by atoms with E-state index in [0.717, 1.165) is 0 Å². The highest BCUT2D eigenvalue weighted by Gasteiger charge is 2.25. The Bertz CT molecular complexity index is 1440. The van der Waals surface area contributed by atoms with Crippen LogP contribution in [0.5, 0.6) is 11.5 Å². The Hall–Kier alpha value is -4.29. The quantitative estimate of drug-likeness (QED) is 0.214. The molecule has 1 aliphatic rings. The predicted octanol–water partition coefficient (Wildman–Crippen LogP) is 1.60. The van der Waals surface area contributed by atoms with Crippen LogP contribution in [0.4, 0.5) is 11.4 Å². The van der Waals surface area contributed by atoms with Crippen LogP contribution in [0.2, 0.25) is 0 Å². The van der Waals surface area contributed by atoms with Crippen LogP contribution in [0, 0.1) is 5.21 Å². The number of nitrogens with one attached hydrogen (secondary N) is 3. The fourth-order valence-electron chi connectivity index (χ4n) is 3.52. The number of para-hydroxylation sites is 1. The van der Waals surface area contributed by atoms with Crippen LogP contribution < -0.4 is 25.7 Å². The van der Waals surface area contributed by atoms with Crippen LogP contribution in [0.1, 0.15) is 17.4 Å². The van der Waals surface area contributed by atoms with E-state index in [2.05, 4.69) is 20.5 Å². The van der Waals surface area contributed by atoms with Crippen molar-refractivity contribution in [2.24, 2.45) is 5.10 Å². The highest BCUT2D eigenvalue weighted by molar-refractivity contribution is 6.03. The Morgan fingerprint density at radius 3 is 2.71 bits per heavy atom. The van der Waals surface area contributed by atoms with Crippen LogP contribution in [0.3, 0.4) is 0 Å². The number of rotatable bonds is 6. The standard InChI is InChI=1S/C23H19N5O6/c29-22(13-6-9-18-19(10-13)34-12-33-18)20(27-26-14-4-2-1-3-5-14)21-23(30)25-17-11-15(28(31)32)7-8-16(17)24-21/h1-11,22,26,28-29,31H,12H2,(H,25,30)/b27-20-. The van der Waals surface area contributed by atoms with Crippen molar-refractivity contribution in [3.05, 3.63) is 93.5 Å². The summed E-state index contributed by atoms with van der Waals surface area (Å²) in [6.45, 7) is 0.0790. The zero-order valence-corrected chi connectivity index (χ0v) is 17.6. The maximum absolute atomic E-state index is 13.0. The molecule has 1 aliphatic heterocycles. The number of aromatic nitrogens is 2. The van der Waals surface area contributed by atoms with Crippen molar-refractivity contribution in [3.8, 4) is 11.5 Å². The minimum absolute atomic E-state index is 0.0118. The highest BCUT2D eigenvalue weighted by Crippen LogP contribution is 2.34. The van der Waals surface area contributed by atoms with Crippen molar-refractivity contribution in [2.45, 2.75) is 6.10 Å². The molecule has 0 radical (unpaired) electrons. The molecule has 3 aromatic carbocycles. The van der Waals surface area contributed by atoms with Gasteiger partial charge in [-0.3, -0.25) is 10.2 Å². The van der Waals surface area contributed by atoms with E-state index in [9.17, 15) is 20.3 Å². The van der Waals surface area contributed by atoms with Crippen molar-refractivity contribution < 1.29 is 25.0 Å². The van der Waals surface area contributed by atoms with E-state index in [1.165, 1.54) is 18.2 Å². The molecule has 0 saturated heterocycles. The minimum Gasteiger partial charge on any atom is -0.595 e. The summed E-state index contributed by atoms with van der Waals surface area (Å²) in [6, 6.07) is 18.1. The van der Waals surface area contributed by atoms with Crippen molar-refractivity contribution in [3.63, 3.8) is 0 Å². The van der Waals surface area contributed by atoms with E-state index < -0.39 is 16.9 Å². The number of hydrogen-bond acceptors (Lipinski definition) is 9. The summed E-state index contributed by atoms with van der Waals surface area (Å²) in [7, 11) is 0. The number of fused-ring (bicyclic) bond motifs is 2. The Kier molecular flexibility index (Phi) is 5.65. The van der Waals surface area contributed by atoms with Gasteiger partial charge in [-0.1, -0.05) is 24.3 Å². The van der Waals surface area contributed by atoms with Crippen molar-refractivity contribution in [1.29, 1.82) is 0 Å². The summed E-state index contributed by atoms with van der Waals surface area (Å²) in [4.78, 5) is 20.0. The zero-order chi connectivity index (χ0) is 23.7. The molecule has 0 fully saturated rings. The minimum atomic E-state index is -1.34. The maximum Gasteiger partial charge on any atom is 0.276 e. The van der Waals surface area contributed by atoms with E-state index in [1.807, 2.05) is 18.2 Å². The molecule has 4 aromatic rings. The largest absolute Gasteiger partial charge is 0.595 e. The molecule has 0 saturated carbocycles. The Labute approximate surface area is 192 Å². The molecule has 5 N–H and O–H groups in total. The van der Waals surface area contributed by atoms with Crippen molar-refractivity contribution in [2.75, 3.05) is 12.2 Å². The first-order valence-corrected chi connectivity index (χ1v) is 10.2. The van der Waals surface area contributed by atoms with Gasteiger partial charge in [-0.2, -0.15) is 10.3 Å². The second kappa shape index (κ2) is 8.92. The number of aromatic amines is 1. The first-order valence-electron chi connectivity index (χ1n) is 10.2. The van der Waals surface area contributed by atoms with E-state index in [4.69, 9.17) is 9.47 Å². The second-order valence-corrected chi connectivity index (χ2v) is 7.44. The number of ether oxygens (including phenoxy) is 2. The van der Waals surface area contributed by atoms with Gasteiger partial charge < -0.3 is 24.8 Å². The van der Waals surface area contributed by atoms with Gasteiger partial charge in [0.2, 0.25) is 6.79 Å². The monoisotopic (exact) mass is 461 g/mol. The lowest BCUT2D eigenvalue weighted by molar-refractivity contribution is -0.991. The zero-order valence-electron chi connectivity index (χ0n) is 17.6. The summed E-state index contributed by atoms with van der Waals surface area (Å²) in [6.07, 6.45) is -1.34. The third-order valence-corrected chi connectivity index (χ3v) is 5.23. The van der Waals surface area contributed by atoms with Crippen LogP contribution >= 0.6 is 0 Å². The third kappa shape index (κ3) is 4.19. The van der Waals surface area contributed by atoms with Crippen LogP contribution in [0.25, 0.3) is 11.0 Å². The Morgan fingerprint density at radius 2 is 1.91 bits per heavy atom. The third-order valence-electron chi connectivity index (χ3n) is 5.23. The van der Waals surface area contributed by atoms with Gasteiger partial charge in [-0.15, -0.1) is 0 Å². The molecule has 11 heteroatoms. The van der Waals surface area contributed by atoms with Crippen LogP contribution in [0.15, 0.2) is 76.6 Å². The number of H-pyrrole nitrogens is 1. The first kappa shape index (κ1) is 21.6. The summed E-state index contributed by atoms with van der Waals surface area (Å²) in [5, 5.41) is 34.9. The van der Waals surface area contributed by atoms with Crippen molar-refractivity contribution in [1.82, 2.24) is 9.97 Å². The molecule has 0 aliphatic carbocycles. The molecule has 2 unspecified atom stereocenters. The second-order valence-electron chi connectivity index (χ2n) is 7.44. The molecule has 1 aromatic heterocycles. The number of quaternary nitrogens is 1. The fraction of sp³-hybridized carbons (Fsp3) is 0.0870. The fourth-order valence-corrected chi connectivity index (χ4v) is 3.52. The molecular formula is C23H19N5O6. The Balaban J connectivity index is 1.60. The molecule has 2 atom stereocenters. The van der Waals surface area contributed by atoms with Gasteiger partial charge >= 0.3 is 0 Å². The molecule has 0 spiro atoms. The first-order chi connectivity index (χ1) is 16.5. The van der Waals surface area contributed by atoms with Crippen molar-refractivity contribution >= 4 is 28.1 Å². The van der Waals surface area contributed by atoms with Crippen LogP contribution in [-0.4, -0.2) is 32.8 Å². The lowest BCUT2D eigenvalue weighted by Gasteiger charge is -2.15. The number of aliphatic hydroxyl groups excluding tert-OH is 1. The normalized spacial score (nSPS) is 14.7. The SMILES string of the molecule is O=c1[nH]c2cc([NH+]([O-])O)ccc2nc1/C(=N/Nc1ccccc1)C(O)c1ccc2c(c1)OCO2. The number of aliphatic hydroxyl groups is 1. The highest BCUT2D eigenvalue weighted by atomic mass is 16.8. The molecule has 172 valence electrons. The van der Waals surface area contributed by atoms with Gasteiger partial charge in [-0.25, -0.2) is 10.2 Å². The van der Waals surface area contributed by atoms with E-state index in [0.29, 0.717) is 28.3 Å². The molecular weight excluding hydrogens is 442 g/mol.